The first-order valence-electron chi connectivity index (χ1n) is 9.32. The van der Waals surface area contributed by atoms with E-state index in [0.717, 1.165) is 11.1 Å². The van der Waals surface area contributed by atoms with Gasteiger partial charge in [0.05, 0.1) is 32.1 Å². The van der Waals surface area contributed by atoms with Crippen molar-refractivity contribution in [3.63, 3.8) is 0 Å². The number of benzene rings is 2. The van der Waals surface area contributed by atoms with Gasteiger partial charge in [0.25, 0.3) is 0 Å². The number of fused-ring (bicyclic) bond motifs is 1. The van der Waals surface area contributed by atoms with Crippen LogP contribution in [0, 0.1) is 5.82 Å². The Hall–Kier alpha value is -3.55. The SMILES string of the molecule is COC(=O)C[C@@H]1N=C(c2cccc(F)c2)c2cc(OC)ccc2C/C1=N\NC(C)=O. The Morgan fingerprint density at radius 1 is 1.23 bits per heavy atom. The van der Waals surface area contributed by atoms with E-state index < -0.39 is 17.8 Å². The van der Waals surface area contributed by atoms with Gasteiger partial charge in [-0.15, -0.1) is 0 Å². The molecule has 1 amide bonds. The predicted molar refractivity (Wildman–Crippen MR) is 110 cm³/mol. The Kier molecular flexibility index (Phi) is 6.56. The lowest BCUT2D eigenvalue weighted by Crippen LogP contribution is -2.28. The molecule has 3 rings (SSSR count). The quantitative estimate of drug-likeness (QED) is 0.605. The van der Waals surface area contributed by atoms with Gasteiger partial charge in [-0.3, -0.25) is 14.6 Å². The van der Waals surface area contributed by atoms with E-state index in [1.807, 2.05) is 12.1 Å². The molecule has 0 saturated heterocycles. The Morgan fingerprint density at radius 2 is 2.03 bits per heavy atom. The van der Waals surface area contributed by atoms with Gasteiger partial charge < -0.3 is 9.47 Å². The number of aliphatic imine (C=N–C) groups is 1. The lowest BCUT2D eigenvalue weighted by Gasteiger charge is -2.13. The molecule has 1 aliphatic rings. The second kappa shape index (κ2) is 9.30. The van der Waals surface area contributed by atoms with E-state index >= 15 is 0 Å². The highest BCUT2D eigenvalue weighted by Gasteiger charge is 2.27. The van der Waals surface area contributed by atoms with Crippen LogP contribution in [0.4, 0.5) is 4.39 Å². The van der Waals surface area contributed by atoms with Crippen LogP contribution in [0.5, 0.6) is 5.75 Å². The minimum Gasteiger partial charge on any atom is -0.497 e. The van der Waals surface area contributed by atoms with E-state index in [1.165, 1.54) is 26.2 Å². The number of amides is 1. The molecule has 0 fully saturated rings. The number of carbonyl (C=O) groups excluding carboxylic acids is 2. The molecular formula is C22H22FN3O4. The molecule has 0 spiro atoms. The van der Waals surface area contributed by atoms with Crippen molar-refractivity contribution in [2.45, 2.75) is 25.8 Å². The highest BCUT2D eigenvalue weighted by atomic mass is 19.1. The largest absolute Gasteiger partial charge is 0.497 e. The summed E-state index contributed by atoms with van der Waals surface area (Å²) in [6, 6.07) is 10.9. The van der Waals surface area contributed by atoms with Crippen molar-refractivity contribution in [1.29, 1.82) is 0 Å². The van der Waals surface area contributed by atoms with Gasteiger partial charge in [-0.2, -0.15) is 5.10 Å². The van der Waals surface area contributed by atoms with E-state index in [1.54, 1.807) is 25.3 Å². The van der Waals surface area contributed by atoms with Gasteiger partial charge in [0.2, 0.25) is 5.91 Å². The summed E-state index contributed by atoms with van der Waals surface area (Å²) < 4.78 is 24.1. The second-order valence-corrected chi connectivity index (χ2v) is 6.76. The van der Waals surface area contributed by atoms with Gasteiger partial charge in [-0.25, -0.2) is 9.82 Å². The van der Waals surface area contributed by atoms with E-state index in [0.29, 0.717) is 29.2 Å². The molecule has 1 N–H and O–H groups in total. The topological polar surface area (TPSA) is 89.3 Å². The summed E-state index contributed by atoms with van der Waals surface area (Å²) in [6.07, 6.45) is 0.266. The number of halogens is 1. The van der Waals surface area contributed by atoms with Crippen molar-refractivity contribution >= 4 is 23.3 Å². The van der Waals surface area contributed by atoms with Crippen LogP contribution >= 0.6 is 0 Å². The Bertz CT molecular complexity index is 1030. The minimum absolute atomic E-state index is 0.0706. The molecule has 0 aliphatic carbocycles. The van der Waals surface area contributed by atoms with Crippen molar-refractivity contribution in [2.75, 3.05) is 14.2 Å². The molecule has 156 valence electrons. The first-order valence-corrected chi connectivity index (χ1v) is 9.32. The zero-order valence-corrected chi connectivity index (χ0v) is 16.9. The number of nitrogens with one attached hydrogen (secondary N) is 1. The zero-order chi connectivity index (χ0) is 21.7. The van der Waals surface area contributed by atoms with Crippen molar-refractivity contribution < 1.29 is 23.5 Å². The first-order chi connectivity index (χ1) is 14.4. The number of nitrogens with zero attached hydrogens (tertiary/aromatic N) is 2. The lowest BCUT2D eigenvalue weighted by atomic mass is 9.95. The fraction of sp³-hybridized carbons (Fsp3) is 0.273. The van der Waals surface area contributed by atoms with Crippen molar-refractivity contribution in [3.05, 3.63) is 65.0 Å². The molecule has 2 aromatic rings. The molecule has 0 radical (unpaired) electrons. The predicted octanol–water partition coefficient (Wildman–Crippen LogP) is 2.65. The summed E-state index contributed by atoms with van der Waals surface area (Å²) in [7, 11) is 2.85. The third-order valence-corrected chi connectivity index (χ3v) is 4.66. The molecule has 0 aromatic heterocycles. The lowest BCUT2D eigenvalue weighted by molar-refractivity contribution is -0.140. The highest BCUT2D eigenvalue weighted by Crippen LogP contribution is 2.27. The number of esters is 1. The molecule has 1 aliphatic heterocycles. The van der Waals surface area contributed by atoms with Gasteiger partial charge in [0.15, 0.2) is 0 Å². The number of rotatable bonds is 5. The molecule has 1 atom stereocenters. The minimum atomic E-state index is -0.694. The smallest absolute Gasteiger partial charge is 0.308 e. The molecule has 8 heteroatoms. The van der Waals surface area contributed by atoms with Crippen LogP contribution in [0.2, 0.25) is 0 Å². The number of hydrogen-bond acceptors (Lipinski definition) is 6. The van der Waals surface area contributed by atoms with Crippen molar-refractivity contribution in [2.24, 2.45) is 10.1 Å². The first kappa shape index (κ1) is 21.2. The summed E-state index contributed by atoms with van der Waals surface area (Å²) in [5.41, 5.74) is 5.57. The Balaban J connectivity index is 2.21. The van der Waals surface area contributed by atoms with Gasteiger partial charge >= 0.3 is 5.97 Å². The van der Waals surface area contributed by atoms with Crippen LogP contribution in [-0.4, -0.2) is 43.6 Å². The van der Waals surface area contributed by atoms with Crippen molar-refractivity contribution in [3.8, 4) is 5.75 Å². The van der Waals surface area contributed by atoms with Crippen LogP contribution in [-0.2, 0) is 20.7 Å². The van der Waals surface area contributed by atoms with E-state index in [4.69, 9.17) is 14.5 Å². The fourth-order valence-corrected chi connectivity index (χ4v) is 3.21. The van der Waals surface area contributed by atoms with Crippen LogP contribution in [0.25, 0.3) is 0 Å². The number of methoxy groups -OCH3 is 2. The molecule has 0 saturated carbocycles. The van der Waals surface area contributed by atoms with Gasteiger partial charge in [-0.1, -0.05) is 18.2 Å². The second-order valence-electron chi connectivity index (χ2n) is 6.76. The van der Waals surface area contributed by atoms with Crippen LogP contribution in [0.15, 0.2) is 52.6 Å². The average molecular weight is 411 g/mol. The Morgan fingerprint density at radius 3 is 2.70 bits per heavy atom. The number of hydrazone groups is 1. The van der Waals surface area contributed by atoms with Gasteiger partial charge in [0.1, 0.15) is 17.6 Å². The summed E-state index contributed by atoms with van der Waals surface area (Å²) in [6.45, 7) is 1.34. The normalized spacial score (nSPS) is 16.9. The van der Waals surface area contributed by atoms with Crippen LogP contribution < -0.4 is 10.2 Å². The molecule has 2 aromatic carbocycles. The third-order valence-electron chi connectivity index (χ3n) is 4.66. The maximum absolute atomic E-state index is 14.0. The molecule has 0 bridgehead atoms. The number of hydrogen-bond donors (Lipinski definition) is 1. The summed E-state index contributed by atoms with van der Waals surface area (Å²) in [4.78, 5) is 28.2. The standard InChI is InChI=1S/C22H22FN3O4/c1-13(27)25-26-20-10-14-7-8-17(29-2)11-18(14)22(15-5-4-6-16(23)9-15)24-19(20)12-21(28)30-3/h4-9,11,19H,10,12H2,1-3H3,(H,25,27)/b26-20+/t19-/m0/s1. The third kappa shape index (κ3) is 4.89. The maximum Gasteiger partial charge on any atom is 0.308 e. The maximum atomic E-state index is 14.0. The average Bonchev–Trinajstić information content (AvgIpc) is 2.88. The summed E-state index contributed by atoms with van der Waals surface area (Å²) in [5.74, 6) is -0.598. The van der Waals surface area contributed by atoms with E-state index in [9.17, 15) is 14.0 Å². The molecule has 30 heavy (non-hydrogen) atoms. The summed E-state index contributed by atoms with van der Waals surface area (Å²) in [5, 5.41) is 4.20. The molecule has 0 unspecified atom stereocenters. The molecule has 1 heterocycles. The van der Waals surface area contributed by atoms with Crippen LogP contribution in [0.3, 0.4) is 0 Å². The fourth-order valence-electron chi connectivity index (χ4n) is 3.21. The van der Waals surface area contributed by atoms with Gasteiger partial charge in [-0.05, 0) is 29.8 Å². The monoisotopic (exact) mass is 411 g/mol. The van der Waals surface area contributed by atoms with Crippen molar-refractivity contribution in [1.82, 2.24) is 5.43 Å². The van der Waals surface area contributed by atoms with Gasteiger partial charge in [0, 0.05) is 24.5 Å². The van der Waals surface area contributed by atoms with E-state index in [-0.39, 0.29) is 12.3 Å². The summed E-state index contributed by atoms with van der Waals surface area (Å²) >= 11 is 0. The number of ether oxygens (including phenoxy) is 2. The number of carbonyl (C=O) groups is 2. The van der Waals surface area contributed by atoms with E-state index in [2.05, 4.69) is 10.5 Å². The zero-order valence-electron chi connectivity index (χ0n) is 16.9. The van der Waals surface area contributed by atoms with Crippen LogP contribution in [0.1, 0.15) is 30.0 Å². The Labute approximate surface area is 173 Å². The molecule has 7 nitrogen and oxygen atoms in total. The highest BCUT2D eigenvalue weighted by molar-refractivity contribution is 6.17. The molecular weight excluding hydrogens is 389 g/mol.